The van der Waals surface area contributed by atoms with E-state index >= 15 is 0 Å². The normalized spacial score (nSPS) is 10.6. The zero-order valence-corrected chi connectivity index (χ0v) is 16.9. The molecule has 0 aliphatic rings. The average Bonchev–Trinajstić information content (AvgIpc) is 3.49. The van der Waals surface area contributed by atoms with Crippen molar-refractivity contribution in [2.45, 2.75) is 19.8 Å². The van der Waals surface area contributed by atoms with Crippen molar-refractivity contribution in [3.8, 4) is 17.1 Å². The lowest BCUT2D eigenvalue weighted by molar-refractivity contribution is -0.121. The lowest BCUT2D eigenvalue weighted by Crippen LogP contribution is -2.42. The van der Waals surface area contributed by atoms with Crippen molar-refractivity contribution in [2.75, 3.05) is 0 Å². The Hall–Kier alpha value is -4.20. The molecule has 0 fully saturated rings. The molecule has 0 bridgehead atoms. The third-order valence-corrected chi connectivity index (χ3v) is 4.68. The van der Waals surface area contributed by atoms with Gasteiger partial charge >= 0.3 is 0 Å². The highest BCUT2D eigenvalue weighted by molar-refractivity contribution is 5.98. The van der Waals surface area contributed by atoms with Crippen LogP contribution in [0, 0.1) is 6.92 Å². The molecule has 0 atom stereocenters. The maximum atomic E-state index is 12.5. The molecule has 4 aromatic rings. The molecule has 0 unspecified atom stereocenters. The van der Waals surface area contributed by atoms with Gasteiger partial charge in [-0.25, -0.2) is 0 Å². The predicted molar refractivity (Wildman–Crippen MR) is 114 cm³/mol. The molecule has 8 heteroatoms. The second-order valence-corrected chi connectivity index (χ2v) is 6.98. The quantitative estimate of drug-likeness (QED) is 0.471. The second-order valence-electron chi connectivity index (χ2n) is 6.98. The number of hydrogen-bond donors (Lipinski definition) is 2. The van der Waals surface area contributed by atoms with E-state index in [1.54, 1.807) is 12.1 Å². The van der Waals surface area contributed by atoms with Gasteiger partial charge < -0.3 is 8.98 Å². The highest BCUT2D eigenvalue weighted by atomic mass is 16.4. The molecule has 2 aromatic carbocycles. The van der Waals surface area contributed by atoms with Crippen molar-refractivity contribution < 1.29 is 14.0 Å². The maximum absolute atomic E-state index is 12.5. The van der Waals surface area contributed by atoms with Gasteiger partial charge in [-0.2, -0.15) is 0 Å². The summed E-state index contributed by atoms with van der Waals surface area (Å²) in [6.07, 6.45) is 4.05. The summed E-state index contributed by atoms with van der Waals surface area (Å²) >= 11 is 0. The minimum Gasteiger partial charge on any atom is -0.421 e. The summed E-state index contributed by atoms with van der Waals surface area (Å²) in [6.45, 7) is 2.00. The van der Waals surface area contributed by atoms with Crippen LogP contribution in [0.4, 0.5) is 0 Å². The van der Waals surface area contributed by atoms with Crippen LogP contribution in [-0.4, -0.2) is 26.6 Å². The monoisotopic (exact) mass is 415 g/mol. The van der Waals surface area contributed by atoms with Crippen LogP contribution in [0.25, 0.3) is 17.1 Å². The van der Waals surface area contributed by atoms with E-state index in [4.69, 9.17) is 4.42 Å². The first-order valence-corrected chi connectivity index (χ1v) is 9.81. The van der Waals surface area contributed by atoms with Crippen molar-refractivity contribution >= 4 is 11.8 Å². The van der Waals surface area contributed by atoms with Crippen molar-refractivity contribution in [3.05, 3.63) is 90.1 Å². The molecule has 8 nitrogen and oxygen atoms in total. The molecule has 2 amide bonds. The number of rotatable bonds is 6. The summed E-state index contributed by atoms with van der Waals surface area (Å²) in [4.78, 5) is 24.7. The van der Waals surface area contributed by atoms with Crippen LogP contribution >= 0.6 is 0 Å². The molecule has 2 aromatic heterocycles. The van der Waals surface area contributed by atoms with Gasteiger partial charge in [0.15, 0.2) is 0 Å². The number of benzene rings is 2. The fourth-order valence-corrected chi connectivity index (χ4v) is 3.03. The molecular weight excluding hydrogens is 394 g/mol. The predicted octanol–water partition coefficient (Wildman–Crippen LogP) is 3.23. The second kappa shape index (κ2) is 9.08. The first kappa shape index (κ1) is 20.1. The molecule has 31 heavy (non-hydrogen) atoms. The Bertz CT molecular complexity index is 1180. The summed E-state index contributed by atoms with van der Waals surface area (Å²) in [5.41, 5.74) is 8.00. The fourth-order valence-electron chi connectivity index (χ4n) is 3.03. The highest BCUT2D eigenvalue weighted by Crippen LogP contribution is 2.18. The van der Waals surface area contributed by atoms with Gasteiger partial charge in [0.05, 0.1) is 11.3 Å². The highest BCUT2D eigenvalue weighted by Gasteiger charge is 2.14. The number of aryl methyl sites for hydroxylation is 2. The lowest BCUT2D eigenvalue weighted by Gasteiger charge is -2.11. The Labute approximate surface area is 178 Å². The number of para-hydroxylation sites is 1. The van der Waals surface area contributed by atoms with E-state index in [1.807, 2.05) is 72.4 Å². The molecule has 0 aliphatic heterocycles. The van der Waals surface area contributed by atoms with Crippen molar-refractivity contribution in [1.29, 1.82) is 0 Å². The van der Waals surface area contributed by atoms with Crippen LogP contribution in [-0.2, 0) is 11.2 Å². The molecule has 0 spiro atoms. The number of hydrogen-bond acceptors (Lipinski definition) is 5. The number of nitrogens with zero attached hydrogens (tertiary/aromatic N) is 3. The number of hydrazine groups is 1. The van der Waals surface area contributed by atoms with E-state index in [9.17, 15) is 9.59 Å². The summed E-state index contributed by atoms with van der Waals surface area (Å²) in [7, 11) is 0. The van der Waals surface area contributed by atoms with Gasteiger partial charge in [-0.1, -0.05) is 29.8 Å². The number of aromatic nitrogens is 3. The van der Waals surface area contributed by atoms with Gasteiger partial charge in [0.25, 0.3) is 5.91 Å². The van der Waals surface area contributed by atoms with Crippen LogP contribution < -0.4 is 10.9 Å². The van der Waals surface area contributed by atoms with E-state index < -0.39 is 5.91 Å². The molecule has 0 aliphatic carbocycles. The number of nitrogens with one attached hydrogen (secondary N) is 2. The van der Waals surface area contributed by atoms with E-state index in [0.29, 0.717) is 23.0 Å². The van der Waals surface area contributed by atoms with Gasteiger partial charge in [-0.15, -0.1) is 10.2 Å². The maximum Gasteiger partial charge on any atom is 0.271 e. The van der Waals surface area contributed by atoms with Crippen molar-refractivity contribution in [3.63, 3.8) is 0 Å². The number of amides is 2. The van der Waals surface area contributed by atoms with Crippen molar-refractivity contribution in [1.82, 2.24) is 25.6 Å². The van der Waals surface area contributed by atoms with Gasteiger partial charge in [0.2, 0.25) is 17.7 Å². The van der Waals surface area contributed by atoms with Gasteiger partial charge in [0, 0.05) is 30.8 Å². The van der Waals surface area contributed by atoms with Gasteiger partial charge in [0.1, 0.15) is 0 Å². The summed E-state index contributed by atoms with van der Waals surface area (Å²) < 4.78 is 7.45. The minimum atomic E-state index is -0.405. The van der Waals surface area contributed by atoms with Gasteiger partial charge in [-0.3, -0.25) is 20.4 Å². The third-order valence-electron chi connectivity index (χ3n) is 4.68. The van der Waals surface area contributed by atoms with E-state index in [0.717, 1.165) is 11.1 Å². The Morgan fingerprint density at radius 3 is 2.45 bits per heavy atom. The molecule has 156 valence electrons. The Kier molecular flexibility index (Phi) is 5.89. The Morgan fingerprint density at radius 2 is 1.68 bits per heavy atom. The molecular formula is C23H21N5O3. The van der Waals surface area contributed by atoms with Gasteiger partial charge in [-0.05, 0) is 43.3 Å². The first-order valence-electron chi connectivity index (χ1n) is 9.81. The topological polar surface area (TPSA) is 102 Å². The fraction of sp³-hybridized carbons (Fsp3) is 0.130. The van der Waals surface area contributed by atoms with Crippen LogP contribution in [0.1, 0.15) is 28.2 Å². The lowest BCUT2D eigenvalue weighted by atomic mass is 10.1. The van der Waals surface area contributed by atoms with Crippen LogP contribution in [0.5, 0.6) is 0 Å². The van der Waals surface area contributed by atoms with Crippen LogP contribution in [0.3, 0.4) is 0 Å². The number of carbonyl (C=O) groups excluding carboxylic acids is 2. The van der Waals surface area contributed by atoms with Crippen molar-refractivity contribution in [2.24, 2.45) is 0 Å². The Balaban J connectivity index is 1.30. The Morgan fingerprint density at radius 1 is 0.935 bits per heavy atom. The molecule has 0 radical (unpaired) electrons. The van der Waals surface area contributed by atoms with E-state index in [2.05, 4.69) is 21.0 Å². The van der Waals surface area contributed by atoms with E-state index in [1.165, 1.54) is 0 Å². The SMILES string of the molecule is Cc1ccc(-c2nnc(CCC(=O)NNC(=O)c3ccccc3-n3cccc3)o2)cc1. The van der Waals surface area contributed by atoms with Crippen LogP contribution in [0.2, 0.25) is 0 Å². The minimum absolute atomic E-state index is 0.0923. The van der Waals surface area contributed by atoms with Crippen LogP contribution in [0.15, 0.2) is 77.5 Å². The standard InChI is InChI=1S/C23H21N5O3/c1-16-8-10-17(11-9-16)23-27-25-21(31-23)13-12-20(29)24-26-22(30)18-6-2-3-7-19(18)28-14-4-5-15-28/h2-11,14-15H,12-13H2,1H3,(H,24,29)(H,26,30). The molecule has 4 rings (SSSR count). The smallest absolute Gasteiger partial charge is 0.271 e. The first-order chi connectivity index (χ1) is 15.1. The number of carbonyl (C=O) groups is 2. The third kappa shape index (κ3) is 4.87. The molecule has 0 saturated heterocycles. The summed E-state index contributed by atoms with van der Waals surface area (Å²) in [6, 6.07) is 18.6. The molecule has 2 heterocycles. The largest absolute Gasteiger partial charge is 0.421 e. The average molecular weight is 415 g/mol. The van der Waals surface area contributed by atoms with E-state index in [-0.39, 0.29) is 18.7 Å². The summed E-state index contributed by atoms with van der Waals surface area (Å²) in [5.74, 6) is -0.000636. The zero-order valence-electron chi connectivity index (χ0n) is 16.9. The zero-order chi connectivity index (χ0) is 21.6. The molecule has 0 saturated carbocycles. The molecule has 2 N–H and O–H groups in total. The summed E-state index contributed by atoms with van der Waals surface area (Å²) in [5, 5.41) is 8.00.